The van der Waals surface area contributed by atoms with Crippen LogP contribution in [0.4, 0.5) is 8.78 Å². The van der Waals surface area contributed by atoms with E-state index in [-0.39, 0.29) is 17.3 Å². The second-order valence-electron chi connectivity index (χ2n) is 6.55. The zero-order valence-electron chi connectivity index (χ0n) is 12.3. The molecule has 4 heteroatoms. The van der Waals surface area contributed by atoms with Gasteiger partial charge in [-0.05, 0) is 54.4 Å². The van der Waals surface area contributed by atoms with Gasteiger partial charge in [0.15, 0.2) is 0 Å². The van der Waals surface area contributed by atoms with Gasteiger partial charge in [-0.25, -0.2) is 8.78 Å². The molecular weight excluding hydrogens is 258 g/mol. The first-order valence-electron chi connectivity index (χ1n) is 7.34. The molecule has 0 spiro atoms. The average Bonchev–Trinajstić information content (AvgIpc) is 2.40. The van der Waals surface area contributed by atoms with E-state index in [9.17, 15) is 8.78 Å². The maximum atomic E-state index is 13.8. The molecule has 20 heavy (non-hydrogen) atoms. The molecule has 1 fully saturated rings. The monoisotopic (exact) mass is 282 g/mol. The number of halogens is 2. The summed E-state index contributed by atoms with van der Waals surface area (Å²) in [5, 5.41) is 0. The Kier molecular flexibility index (Phi) is 4.76. The van der Waals surface area contributed by atoms with Crippen LogP contribution in [0.3, 0.4) is 0 Å². The Balaban J connectivity index is 2.18. The summed E-state index contributed by atoms with van der Waals surface area (Å²) in [7, 11) is 0. The van der Waals surface area contributed by atoms with Crippen molar-refractivity contribution in [3.63, 3.8) is 0 Å². The van der Waals surface area contributed by atoms with Gasteiger partial charge in [0.2, 0.25) is 0 Å². The number of hydrogen-bond acceptors (Lipinski definition) is 2. The highest BCUT2D eigenvalue weighted by atomic mass is 19.1. The summed E-state index contributed by atoms with van der Waals surface area (Å²) in [4.78, 5) is 0. The Morgan fingerprint density at radius 1 is 1.35 bits per heavy atom. The molecule has 0 aromatic heterocycles. The average molecular weight is 282 g/mol. The highest BCUT2D eigenvalue weighted by Gasteiger charge is 2.37. The molecule has 0 aliphatic heterocycles. The molecule has 3 N–H and O–H groups in total. The molecule has 0 heterocycles. The minimum absolute atomic E-state index is 0.0263. The maximum absolute atomic E-state index is 13.8. The molecule has 2 nitrogen and oxygen atoms in total. The SMILES string of the molecule is CC1(C)CCCCC1C(Cc1cc(F)ccc1F)NN. The van der Waals surface area contributed by atoms with E-state index >= 15 is 0 Å². The fourth-order valence-electron chi connectivity index (χ4n) is 3.52. The Morgan fingerprint density at radius 3 is 2.75 bits per heavy atom. The number of hydrogen-bond donors (Lipinski definition) is 2. The van der Waals surface area contributed by atoms with E-state index in [1.165, 1.54) is 25.0 Å². The minimum Gasteiger partial charge on any atom is -0.271 e. The number of rotatable bonds is 4. The predicted octanol–water partition coefficient (Wildman–Crippen LogP) is 3.56. The summed E-state index contributed by atoms with van der Waals surface area (Å²) in [6.07, 6.45) is 5.07. The van der Waals surface area contributed by atoms with Gasteiger partial charge in [0.05, 0.1) is 0 Å². The Labute approximate surface area is 119 Å². The summed E-state index contributed by atoms with van der Waals surface area (Å²) in [6, 6.07) is 3.58. The largest absolute Gasteiger partial charge is 0.271 e. The van der Waals surface area contributed by atoms with Crippen LogP contribution in [0.15, 0.2) is 18.2 Å². The summed E-state index contributed by atoms with van der Waals surface area (Å²) in [6.45, 7) is 4.48. The van der Waals surface area contributed by atoms with Gasteiger partial charge in [0.25, 0.3) is 0 Å². The predicted molar refractivity (Wildman–Crippen MR) is 76.9 cm³/mol. The first-order chi connectivity index (χ1) is 9.44. The molecule has 0 amide bonds. The molecule has 0 bridgehead atoms. The summed E-state index contributed by atoms with van der Waals surface area (Å²) < 4.78 is 27.1. The topological polar surface area (TPSA) is 38.0 Å². The van der Waals surface area contributed by atoms with E-state index in [0.717, 1.165) is 18.9 Å². The molecule has 2 unspecified atom stereocenters. The fourth-order valence-corrected chi connectivity index (χ4v) is 3.52. The van der Waals surface area contributed by atoms with Crippen molar-refractivity contribution in [2.45, 2.75) is 52.0 Å². The first-order valence-corrected chi connectivity index (χ1v) is 7.34. The number of nitrogens with one attached hydrogen (secondary N) is 1. The van der Waals surface area contributed by atoms with Crippen LogP contribution in [0.1, 0.15) is 45.1 Å². The molecule has 1 saturated carbocycles. The molecule has 1 aliphatic rings. The Bertz CT molecular complexity index is 460. The standard InChI is InChI=1S/C16H24F2N2/c1-16(2)8-4-3-5-13(16)15(20-19)10-11-9-12(17)6-7-14(11)18/h6-7,9,13,15,20H,3-5,8,10,19H2,1-2H3. The lowest BCUT2D eigenvalue weighted by Gasteiger charge is -2.43. The first kappa shape index (κ1) is 15.4. The van der Waals surface area contributed by atoms with Crippen molar-refractivity contribution >= 4 is 0 Å². The van der Waals surface area contributed by atoms with Crippen LogP contribution in [-0.4, -0.2) is 6.04 Å². The third-order valence-corrected chi connectivity index (χ3v) is 4.74. The smallest absolute Gasteiger partial charge is 0.126 e. The highest BCUT2D eigenvalue weighted by Crippen LogP contribution is 2.42. The van der Waals surface area contributed by atoms with Gasteiger partial charge in [0, 0.05) is 6.04 Å². The second-order valence-corrected chi connectivity index (χ2v) is 6.55. The molecule has 1 aromatic carbocycles. The van der Waals surface area contributed by atoms with E-state index in [4.69, 9.17) is 5.84 Å². The van der Waals surface area contributed by atoms with Crippen LogP contribution in [0.25, 0.3) is 0 Å². The normalized spacial score (nSPS) is 23.6. The zero-order chi connectivity index (χ0) is 14.8. The highest BCUT2D eigenvalue weighted by molar-refractivity contribution is 5.20. The molecule has 1 aromatic rings. The van der Waals surface area contributed by atoms with Crippen molar-refractivity contribution in [3.8, 4) is 0 Å². The Morgan fingerprint density at radius 2 is 2.10 bits per heavy atom. The van der Waals surface area contributed by atoms with E-state index in [2.05, 4.69) is 19.3 Å². The van der Waals surface area contributed by atoms with Gasteiger partial charge >= 0.3 is 0 Å². The second kappa shape index (κ2) is 6.19. The number of nitrogens with two attached hydrogens (primary N) is 1. The van der Waals surface area contributed by atoms with E-state index in [0.29, 0.717) is 17.9 Å². The fraction of sp³-hybridized carbons (Fsp3) is 0.625. The van der Waals surface area contributed by atoms with Crippen LogP contribution in [0.2, 0.25) is 0 Å². The number of hydrazine groups is 1. The molecule has 2 rings (SSSR count). The molecule has 0 saturated heterocycles. The van der Waals surface area contributed by atoms with Crippen molar-refractivity contribution < 1.29 is 8.78 Å². The van der Waals surface area contributed by atoms with Crippen LogP contribution in [0.5, 0.6) is 0 Å². The maximum Gasteiger partial charge on any atom is 0.126 e. The van der Waals surface area contributed by atoms with Gasteiger partial charge in [-0.15, -0.1) is 0 Å². The van der Waals surface area contributed by atoms with E-state index in [1.807, 2.05) is 0 Å². The van der Waals surface area contributed by atoms with Crippen LogP contribution in [0, 0.1) is 23.0 Å². The third-order valence-electron chi connectivity index (χ3n) is 4.74. The van der Waals surface area contributed by atoms with Crippen LogP contribution in [-0.2, 0) is 6.42 Å². The molecule has 1 aliphatic carbocycles. The van der Waals surface area contributed by atoms with Gasteiger partial charge < -0.3 is 0 Å². The van der Waals surface area contributed by atoms with Crippen molar-refractivity contribution in [1.82, 2.24) is 5.43 Å². The summed E-state index contributed by atoms with van der Waals surface area (Å²) in [5.41, 5.74) is 3.41. The Hall–Kier alpha value is -1.00. The summed E-state index contributed by atoms with van der Waals surface area (Å²) >= 11 is 0. The minimum atomic E-state index is -0.403. The third kappa shape index (κ3) is 3.36. The zero-order valence-corrected chi connectivity index (χ0v) is 12.3. The quantitative estimate of drug-likeness (QED) is 0.654. The van der Waals surface area contributed by atoms with E-state index < -0.39 is 5.82 Å². The molecule has 112 valence electrons. The van der Waals surface area contributed by atoms with E-state index in [1.54, 1.807) is 0 Å². The van der Waals surface area contributed by atoms with Crippen molar-refractivity contribution in [2.75, 3.05) is 0 Å². The van der Waals surface area contributed by atoms with Gasteiger partial charge in [-0.2, -0.15) is 0 Å². The molecular formula is C16H24F2N2. The van der Waals surface area contributed by atoms with Gasteiger partial charge in [-0.3, -0.25) is 11.3 Å². The lowest BCUT2D eigenvalue weighted by molar-refractivity contribution is 0.0978. The lowest BCUT2D eigenvalue weighted by Crippen LogP contribution is -2.48. The summed E-state index contributed by atoms with van der Waals surface area (Å²) in [5.74, 6) is 5.31. The molecule has 2 atom stereocenters. The van der Waals surface area contributed by atoms with Crippen molar-refractivity contribution in [2.24, 2.45) is 17.2 Å². The number of benzene rings is 1. The van der Waals surface area contributed by atoms with Crippen LogP contribution >= 0.6 is 0 Å². The van der Waals surface area contributed by atoms with Crippen molar-refractivity contribution in [1.29, 1.82) is 0 Å². The van der Waals surface area contributed by atoms with Gasteiger partial charge in [-0.1, -0.05) is 26.7 Å². The van der Waals surface area contributed by atoms with Crippen LogP contribution < -0.4 is 11.3 Å². The molecule has 0 radical (unpaired) electrons. The van der Waals surface area contributed by atoms with Gasteiger partial charge in [0.1, 0.15) is 11.6 Å². The lowest BCUT2D eigenvalue weighted by atomic mass is 9.65. The van der Waals surface area contributed by atoms with Crippen molar-refractivity contribution in [3.05, 3.63) is 35.4 Å².